The molecular weight excluding hydrogens is 288 g/mol. The summed E-state index contributed by atoms with van der Waals surface area (Å²) in [6.45, 7) is 0. The van der Waals surface area contributed by atoms with Crippen LogP contribution in [0.4, 0.5) is 17.6 Å². The van der Waals surface area contributed by atoms with Gasteiger partial charge in [-0.05, 0) is 35.4 Å². The van der Waals surface area contributed by atoms with Crippen LogP contribution in [0.5, 0.6) is 0 Å². The molecule has 0 atom stereocenters. The third-order valence-electron chi connectivity index (χ3n) is 2.91. The van der Waals surface area contributed by atoms with Gasteiger partial charge in [0.05, 0.1) is 18.2 Å². The summed E-state index contributed by atoms with van der Waals surface area (Å²) in [6.07, 6.45) is -4.44. The Morgan fingerprint density at radius 2 is 1.67 bits per heavy atom. The molecule has 6 heteroatoms. The molecule has 0 radical (unpaired) electrons. The van der Waals surface area contributed by atoms with Crippen LogP contribution in [-0.2, 0) is 10.9 Å². The molecule has 0 spiro atoms. The third kappa shape index (κ3) is 3.21. The maximum atomic E-state index is 13.2. The fourth-order valence-electron chi connectivity index (χ4n) is 1.89. The number of rotatable bonds is 2. The minimum absolute atomic E-state index is 0.0442. The number of hydrogen-bond donors (Lipinski definition) is 0. The van der Waals surface area contributed by atoms with Crippen LogP contribution >= 0.6 is 0 Å². The van der Waals surface area contributed by atoms with Crippen molar-refractivity contribution in [1.29, 1.82) is 0 Å². The summed E-state index contributed by atoms with van der Waals surface area (Å²) in [7, 11) is 1.14. The van der Waals surface area contributed by atoms with Gasteiger partial charge in [-0.1, -0.05) is 18.2 Å². The lowest BCUT2D eigenvalue weighted by molar-refractivity contribution is -0.137. The maximum Gasteiger partial charge on any atom is 0.416 e. The molecule has 21 heavy (non-hydrogen) atoms. The molecule has 110 valence electrons. The Morgan fingerprint density at radius 3 is 2.19 bits per heavy atom. The van der Waals surface area contributed by atoms with Crippen LogP contribution in [0.2, 0.25) is 0 Å². The molecule has 0 heterocycles. The number of alkyl halides is 3. The minimum Gasteiger partial charge on any atom is -0.465 e. The summed E-state index contributed by atoms with van der Waals surface area (Å²) in [4.78, 5) is 11.6. The van der Waals surface area contributed by atoms with Crippen molar-refractivity contribution in [3.05, 3.63) is 59.4 Å². The summed E-state index contributed by atoms with van der Waals surface area (Å²) >= 11 is 0. The SMILES string of the molecule is COC(=O)c1cc(F)ccc1-c1ccc(C(F)(F)F)cc1. The molecule has 0 aliphatic carbocycles. The fraction of sp³-hybridized carbons (Fsp3) is 0.133. The van der Waals surface area contributed by atoms with Gasteiger partial charge in [-0.3, -0.25) is 0 Å². The van der Waals surface area contributed by atoms with E-state index < -0.39 is 23.5 Å². The predicted molar refractivity (Wildman–Crippen MR) is 68.2 cm³/mol. The van der Waals surface area contributed by atoms with Gasteiger partial charge in [0.15, 0.2) is 0 Å². The van der Waals surface area contributed by atoms with E-state index in [9.17, 15) is 22.4 Å². The Hall–Kier alpha value is -2.37. The second-order valence-corrected chi connectivity index (χ2v) is 4.26. The molecule has 0 aromatic heterocycles. The zero-order chi connectivity index (χ0) is 15.6. The van der Waals surface area contributed by atoms with Crippen molar-refractivity contribution in [2.75, 3.05) is 7.11 Å². The number of carbonyl (C=O) groups excluding carboxylic acids is 1. The van der Waals surface area contributed by atoms with Crippen molar-refractivity contribution < 1.29 is 27.1 Å². The van der Waals surface area contributed by atoms with Gasteiger partial charge in [-0.2, -0.15) is 13.2 Å². The monoisotopic (exact) mass is 298 g/mol. The molecule has 0 bridgehead atoms. The minimum atomic E-state index is -4.44. The van der Waals surface area contributed by atoms with Crippen molar-refractivity contribution in [2.45, 2.75) is 6.18 Å². The molecule has 2 aromatic carbocycles. The van der Waals surface area contributed by atoms with E-state index in [1.54, 1.807) is 0 Å². The molecule has 2 nitrogen and oxygen atoms in total. The smallest absolute Gasteiger partial charge is 0.416 e. The Bertz CT molecular complexity index is 660. The van der Waals surface area contributed by atoms with Gasteiger partial charge in [-0.15, -0.1) is 0 Å². The quantitative estimate of drug-likeness (QED) is 0.610. The van der Waals surface area contributed by atoms with Crippen LogP contribution in [-0.4, -0.2) is 13.1 Å². The second-order valence-electron chi connectivity index (χ2n) is 4.26. The molecule has 0 fully saturated rings. The van der Waals surface area contributed by atoms with Gasteiger partial charge in [0.1, 0.15) is 5.82 Å². The van der Waals surface area contributed by atoms with Gasteiger partial charge in [0.25, 0.3) is 0 Å². The summed E-state index contributed by atoms with van der Waals surface area (Å²) in [6, 6.07) is 7.69. The molecular formula is C15H10F4O2. The summed E-state index contributed by atoms with van der Waals surface area (Å²) in [5.41, 5.74) is -0.175. The first-order chi connectivity index (χ1) is 9.82. The van der Waals surface area contributed by atoms with E-state index in [0.29, 0.717) is 11.1 Å². The van der Waals surface area contributed by atoms with Crippen LogP contribution in [0.1, 0.15) is 15.9 Å². The van der Waals surface area contributed by atoms with Crippen LogP contribution in [0.25, 0.3) is 11.1 Å². The van der Waals surface area contributed by atoms with Crippen molar-refractivity contribution in [3.63, 3.8) is 0 Å². The van der Waals surface area contributed by atoms with E-state index >= 15 is 0 Å². The number of halogens is 4. The Kier molecular flexibility index (Phi) is 3.97. The molecule has 2 aromatic rings. The maximum absolute atomic E-state index is 13.2. The first kappa shape index (κ1) is 15.0. The number of methoxy groups -OCH3 is 1. The molecule has 2 rings (SSSR count). The van der Waals surface area contributed by atoms with E-state index in [0.717, 1.165) is 31.4 Å². The molecule has 0 amide bonds. The standard InChI is InChI=1S/C15H10F4O2/c1-21-14(20)13-8-11(16)6-7-12(13)9-2-4-10(5-3-9)15(17,18)19/h2-8H,1H3. The highest BCUT2D eigenvalue weighted by atomic mass is 19.4. The lowest BCUT2D eigenvalue weighted by Crippen LogP contribution is -2.06. The van der Waals surface area contributed by atoms with E-state index in [4.69, 9.17) is 0 Å². The normalized spacial score (nSPS) is 11.3. The van der Waals surface area contributed by atoms with Gasteiger partial charge in [0.2, 0.25) is 0 Å². The average molecular weight is 298 g/mol. The second kappa shape index (κ2) is 5.55. The van der Waals surface area contributed by atoms with Crippen molar-refractivity contribution in [1.82, 2.24) is 0 Å². The number of carbonyl (C=O) groups is 1. The summed E-state index contributed by atoms with van der Waals surface area (Å²) < 4.78 is 55.3. The molecule has 0 aliphatic rings. The van der Waals surface area contributed by atoms with E-state index in [-0.39, 0.29) is 5.56 Å². The Labute approximate surface area is 118 Å². The van der Waals surface area contributed by atoms with Gasteiger partial charge in [0, 0.05) is 0 Å². The zero-order valence-corrected chi connectivity index (χ0v) is 10.9. The van der Waals surface area contributed by atoms with Crippen LogP contribution in [0.3, 0.4) is 0 Å². The van der Waals surface area contributed by atoms with Crippen LogP contribution in [0.15, 0.2) is 42.5 Å². The van der Waals surface area contributed by atoms with Crippen molar-refractivity contribution >= 4 is 5.97 Å². The van der Waals surface area contributed by atoms with Gasteiger partial charge in [-0.25, -0.2) is 9.18 Å². The molecule has 0 saturated heterocycles. The highest BCUT2D eigenvalue weighted by molar-refractivity contribution is 5.97. The molecule has 0 unspecified atom stereocenters. The average Bonchev–Trinajstić information content (AvgIpc) is 2.45. The first-order valence-corrected chi connectivity index (χ1v) is 5.88. The number of esters is 1. The summed E-state index contributed by atoms with van der Waals surface area (Å²) in [5.74, 6) is -1.39. The molecule has 0 saturated carbocycles. The summed E-state index contributed by atoms with van der Waals surface area (Å²) in [5, 5.41) is 0. The highest BCUT2D eigenvalue weighted by Crippen LogP contribution is 2.32. The largest absolute Gasteiger partial charge is 0.465 e. The Morgan fingerprint density at radius 1 is 1.05 bits per heavy atom. The zero-order valence-electron chi connectivity index (χ0n) is 10.9. The lowest BCUT2D eigenvalue weighted by Gasteiger charge is -2.10. The van der Waals surface area contributed by atoms with Crippen LogP contribution in [0, 0.1) is 5.82 Å². The molecule has 0 N–H and O–H groups in total. The Balaban J connectivity index is 2.49. The van der Waals surface area contributed by atoms with Gasteiger partial charge >= 0.3 is 12.1 Å². The van der Waals surface area contributed by atoms with Crippen molar-refractivity contribution in [3.8, 4) is 11.1 Å². The topological polar surface area (TPSA) is 26.3 Å². The number of benzene rings is 2. The number of hydrogen-bond acceptors (Lipinski definition) is 2. The van der Waals surface area contributed by atoms with Crippen LogP contribution < -0.4 is 0 Å². The fourth-order valence-corrected chi connectivity index (χ4v) is 1.89. The van der Waals surface area contributed by atoms with E-state index in [2.05, 4.69) is 4.74 Å². The predicted octanol–water partition coefficient (Wildman–Crippen LogP) is 4.30. The highest BCUT2D eigenvalue weighted by Gasteiger charge is 2.30. The van der Waals surface area contributed by atoms with Gasteiger partial charge < -0.3 is 4.74 Å². The molecule has 0 aliphatic heterocycles. The van der Waals surface area contributed by atoms with Crippen molar-refractivity contribution in [2.24, 2.45) is 0 Å². The van der Waals surface area contributed by atoms with E-state index in [1.807, 2.05) is 0 Å². The lowest BCUT2D eigenvalue weighted by atomic mass is 9.98. The third-order valence-corrected chi connectivity index (χ3v) is 2.91. The first-order valence-electron chi connectivity index (χ1n) is 5.88. The number of ether oxygens (including phenoxy) is 1. The van der Waals surface area contributed by atoms with E-state index in [1.165, 1.54) is 18.2 Å².